The monoisotopic (exact) mass is 224 g/mol. The average Bonchev–Trinajstić information content (AvgIpc) is 2.29. The number of nitrogens with two attached hydrogens (primary N) is 1. The van der Waals surface area contributed by atoms with Crippen molar-refractivity contribution in [2.75, 3.05) is 13.1 Å². The van der Waals surface area contributed by atoms with E-state index < -0.39 is 0 Å². The molecular formula is C14H28N2. The van der Waals surface area contributed by atoms with Gasteiger partial charge in [-0.2, -0.15) is 0 Å². The highest BCUT2D eigenvalue weighted by molar-refractivity contribution is 4.89. The van der Waals surface area contributed by atoms with Crippen LogP contribution in [-0.4, -0.2) is 30.1 Å². The molecule has 3 unspecified atom stereocenters. The number of piperidine rings is 1. The van der Waals surface area contributed by atoms with E-state index in [4.69, 9.17) is 5.73 Å². The highest BCUT2D eigenvalue weighted by Crippen LogP contribution is 2.35. The maximum atomic E-state index is 6.23. The molecule has 1 saturated heterocycles. The number of hydrogen-bond donors (Lipinski definition) is 1. The molecule has 2 N–H and O–H groups in total. The Morgan fingerprint density at radius 3 is 2.56 bits per heavy atom. The third kappa shape index (κ3) is 2.78. The molecular weight excluding hydrogens is 196 g/mol. The quantitative estimate of drug-likeness (QED) is 0.798. The fourth-order valence-corrected chi connectivity index (χ4v) is 3.44. The van der Waals surface area contributed by atoms with E-state index in [0.717, 1.165) is 18.5 Å². The summed E-state index contributed by atoms with van der Waals surface area (Å²) < 4.78 is 0. The van der Waals surface area contributed by atoms with E-state index in [0.29, 0.717) is 12.0 Å². The first-order valence-corrected chi connectivity index (χ1v) is 7.18. The van der Waals surface area contributed by atoms with E-state index in [2.05, 4.69) is 18.7 Å². The van der Waals surface area contributed by atoms with Crippen molar-refractivity contribution in [1.29, 1.82) is 0 Å². The molecule has 0 aromatic rings. The first kappa shape index (κ1) is 12.4. The van der Waals surface area contributed by atoms with Crippen molar-refractivity contribution in [2.24, 2.45) is 17.6 Å². The zero-order valence-electron chi connectivity index (χ0n) is 11.0. The molecule has 0 aromatic carbocycles. The van der Waals surface area contributed by atoms with Gasteiger partial charge in [0.1, 0.15) is 0 Å². The van der Waals surface area contributed by atoms with Gasteiger partial charge in [0.05, 0.1) is 0 Å². The average molecular weight is 224 g/mol. The van der Waals surface area contributed by atoms with E-state index in [-0.39, 0.29) is 0 Å². The van der Waals surface area contributed by atoms with Crippen LogP contribution >= 0.6 is 0 Å². The maximum Gasteiger partial charge on any atom is 0.0191 e. The minimum atomic E-state index is 0.362. The van der Waals surface area contributed by atoms with Gasteiger partial charge in [-0.05, 0) is 44.1 Å². The SMILES string of the molecule is CC(C)C(N)CN1CCCC2CCCCC21. The summed E-state index contributed by atoms with van der Waals surface area (Å²) in [7, 11) is 0. The van der Waals surface area contributed by atoms with Crippen molar-refractivity contribution < 1.29 is 0 Å². The Bertz CT molecular complexity index is 213. The van der Waals surface area contributed by atoms with Crippen molar-refractivity contribution in [3.05, 3.63) is 0 Å². The van der Waals surface area contributed by atoms with Crippen LogP contribution in [0.4, 0.5) is 0 Å². The van der Waals surface area contributed by atoms with Gasteiger partial charge in [0.15, 0.2) is 0 Å². The molecule has 1 heterocycles. The van der Waals surface area contributed by atoms with Crippen molar-refractivity contribution in [2.45, 2.75) is 64.5 Å². The fraction of sp³-hybridized carbons (Fsp3) is 1.00. The molecule has 1 aliphatic heterocycles. The van der Waals surface area contributed by atoms with Crippen LogP contribution < -0.4 is 5.73 Å². The summed E-state index contributed by atoms with van der Waals surface area (Å²) in [5, 5.41) is 0. The third-order valence-electron chi connectivity index (χ3n) is 4.66. The summed E-state index contributed by atoms with van der Waals surface area (Å²) in [6.45, 7) is 6.90. The van der Waals surface area contributed by atoms with Gasteiger partial charge < -0.3 is 5.73 Å². The molecule has 1 saturated carbocycles. The van der Waals surface area contributed by atoms with E-state index in [1.807, 2.05) is 0 Å². The van der Waals surface area contributed by atoms with E-state index in [1.54, 1.807) is 0 Å². The summed E-state index contributed by atoms with van der Waals surface area (Å²) in [6.07, 6.45) is 8.66. The molecule has 2 heteroatoms. The topological polar surface area (TPSA) is 29.3 Å². The maximum absolute atomic E-state index is 6.23. The van der Waals surface area contributed by atoms with Crippen molar-refractivity contribution in [3.8, 4) is 0 Å². The zero-order chi connectivity index (χ0) is 11.5. The predicted octanol–water partition coefficient (Wildman–Crippen LogP) is 2.62. The van der Waals surface area contributed by atoms with Gasteiger partial charge in [0, 0.05) is 18.6 Å². The summed E-state index contributed by atoms with van der Waals surface area (Å²) in [5.74, 6) is 1.60. The van der Waals surface area contributed by atoms with Gasteiger partial charge >= 0.3 is 0 Å². The summed E-state index contributed by atoms with van der Waals surface area (Å²) in [4.78, 5) is 2.71. The Kier molecular flexibility index (Phi) is 4.26. The lowest BCUT2D eigenvalue weighted by atomic mass is 9.78. The van der Waals surface area contributed by atoms with Crippen molar-refractivity contribution in [3.63, 3.8) is 0 Å². The third-order valence-corrected chi connectivity index (χ3v) is 4.66. The Labute approximate surface area is 101 Å². The molecule has 94 valence electrons. The van der Waals surface area contributed by atoms with Gasteiger partial charge in [0.25, 0.3) is 0 Å². The van der Waals surface area contributed by atoms with Crippen molar-refractivity contribution in [1.82, 2.24) is 4.90 Å². The molecule has 2 fully saturated rings. The van der Waals surface area contributed by atoms with E-state index in [9.17, 15) is 0 Å². The molecule has 2 rings (SSSR count). The summed E-state index contributed by atoms with van der Waals surface area (Å²) in [6, 6.07) is 1.23. The van der Waals surface area contributed by atoms with Crippen LogP contribution in [0, 0.1) is 11.8 Å². The number of likely N-dealkylation sites (tertiary alicyclic amines) is 1. The van der Waals surface area contributed by atoms with Gasteiger partial charge in [-0.25, -0.2) is 0 Å². The second kappa shape index (κ2) is 5.50. The number of nitrogens with zero attached hydrogens (tertiary/aromatic N) is 1. The minimum Gasteiger partial charge on any atom is -0.326 e. The smallest absolute Gasteiger partial charge is 0.0191 e. The highest BCUT2D eigenvalue weighted by Gasteiger charge is 2.33. The number of fused-ring (bicyclic) bond motifs is 1. The molecule has 2 aliphatic rings. The highest BCUT2D eigenvalue weighted by atomic mass is 15.2. The molecule has 0 radical (unpaired) electrons. The minimum absolute atomic E-state index is 0.362. The van der Waals surface area contributed by atoms with Crippen LogP contribution in [-0.2, 0) is 0 Å². The fourth-order valence-electron chi connectivity index (χ4n) is 3.44. The molecule has 2 nitrogen and oxygen atoms in total. The van der Waals surface area contributed by atoms with Gasteiger partial charge in [-0.1, -0.05) is 26.7 Å². The molecule has 16 heavy (non-hydrogen) atoms. The van der Waals surface area contributed by atoms with E-state index in [1.165, 1.54) is 45.1 Å². The molecule has 0 amide bonds. The Hall–Kier alpha value is -0.0800. The molecule has 0 aromatic heterocycles. The molecule has 0 spiro atoms. The summed E-state index contributed by atoms with van der Waals surface area (Å²) in [5.41, 5.74) is 6.23. The van der Waals surface area contributed by atoms with E-state index >= 15 is 0 Å². The van der Waals surface area contributed by atoms with Crippen LogP contribution in [0.1, 0.15) is 52.4 Å². The molecule has 1 aliphatic carbocycles. The van der Waals surface area contributed by atoms with Crippen LogP contribution in [0.5, 0.6) is 0 Å². The lowest BCUT2D eigenvalue weighted by Crippen LogP contribution is -2.51. The second-order valence-electron chi connectivity index (χ2n) is 6.16. The largest absolute Gasteiger partial charge is 0.326 e. The van der Waals surface area contributed by atoms with Crippen LogP contribution in [0.2, 0.25) is 0 Å². The molecule has 3 atom stereocenters. The number of rotatable bonds is 3. The van der Waals surface area contributed by atoms with Gasteiger partial charge in [-0.15, -0.1) is 0 Å². The second-order valence-corrected chi connectivity index (χ2v) is 6.16. The standard InChI is InChI=1S/C14H28N2/c1-11(2)13(15)10-16-9-5-7-12-6-3-4-8-14(12)16/h11-14H,3-10,15H2,1-2H3. The Morgan fingerprint density at radius 1 is 1.12 bits per heavy atom. The van der Waals surface area contributed by atoms with Crippen LogP contribution in [0.3, 0.4) is 0 Å². The first-order valence-electron chi connectivity index (χ1n) is 7.18. The Balaban J connectivity index is 1.92. The normalized spacial score (nSPS) is 33.8. The lowest BCUT2D eigenvalue weighted by Gasteiger charge is -2.45. The van der Waals surface area contributed by atoms with Crippen LogP contribution in [0.15, 0.2) is 0 Å². The van der Waals surface area contributed by atoms with Crippen LogP contribution in [0.25, 0.3) is 0 Å². The van der Waals surface area contributed by atoms with Gasteiger partial charge in [-0.3, -0.25) is 4.90 Å². The lowest BCUT2D eigenvalue weighted by molar-refractivity contribution is 0.0525. The van der Waals surface area contributed by atoms with Crippen molar-refractivity contribution >= 4 is 0 Å². The molecule has 0 bridgehead atoms. The zero-order valence-corrected chi connectivity index (χ0v) is 11.0. The summed E-state index contributed by atoms with van der Waals surface area (Å²) >= 11 is 0. The predicted molar refractivity (Wildman–Crippen MR) is 69.4 cm³/mol. The number of hydrogen-bond acceptors (Lipinski definition) is 2. The Morgan fingerprint density at radius 2 is 1.81 bits per heavy atom. The first-order chi connectivity index (χ1) is 7.68. The van der Waals surface area contributed by atoms with Gasteiger partial charge in [0.2, 0.25) is 0 Å².